The van der Waals surface area contributed by atoms with Crippen LogP contribution < -0.4 is 4.74 Å². The third-order valence-electron chi connectivity index (χ3n) is 5.10. The highest BCUT2D eigenvalue weighted by Crippen LogP contribution is 2.59. The Morgan fingerprint density at radius 1 is 1.25 bits per heavy atom. The Morgan fingerprint density at radius 2 is 1.88 bits per heavy atom. The number of carbonyl (C=O) groups excluding carboxylic acids is 1. The predicted molar refractivity (Wildman–Crippen MR) is 80.8 cm³/mol. The van der Waals surface area contributed by atoms with Gasteiger partial charge in [-0.3, -0.25) is 9.59 Å². The number of ether oxygens (including phenoxy) is 1. The summed E-state index contributed by atoms with van der Waals surface area (Å²) in [6, 6.07) is 6.04. The molecule has 5 nitrogen and oxygen atoms in total. The van der Waals surface area contributed by atoms with Gasteiger partial charge in [0.2, 0.25) is 5.91 Å². The molecular formula is C17H19F2NO4. The number of alkyl halides is 2. The Kier molecular flexibility index (Phi) is 4.43. The Bertz CT molecular complexity index is 624. The van der Waals surface area contributed by atoms with E-state index in [9.17, 15) is 18.4 Å². The van der Waals surface area contributed by atoms with Gasteiger partial charge >= 0.3 is 12.6 Å². The van der Waals surface area contributed by atoms with Gasteiger partial charge in [-0.05, 0) is 42.4 Å². The summed E-state index contributed by atoms with van der Waals surface area (Å²) in [5.41, 5.74) is 0.633. The number of aliphatic carboxylic acids is 1. The number of carboxylic acids is 1. The van der Waals surface area contributed by atoms with Crippen LogP contribution in [0.5, 0.6) is 5.75 Å². The summed E-state index contributed by atoms with van der Waals surface area (Å²) in [4.78, 5) is 25.1. The number of amides is 1. The van der Waals surface area contributed by atoms with Crippen LogP contribution in [0.3, 0.4) is 0 Å². The second-order valence-electron chi connectivity index (χ2n) is 6.54. The van der Waals surface area contributed by atoms with Crippen molar-refractivity contribution in [2.24, 2.45) is 11.3 Å². The number of nitrogens with zero attached hydrogens (tertiary/aromatic N) is 1. The standard InChI is InChI=1S/C17H19F2NO4/c18-16(19)24-12-3-1-11(2-4-12)9-14(21)20-7-5-17(6-8-20)10-13(17)15(22)23/h1-4,13,16H,5-10H2,(H,22,23). The Hall–Kier alpha value is -2.18. The lowest BCUT2D eigenvalue weighted by atomic mass is 9.90. The van der Waals surface area contributed by atoms with E-state index >= 15 is 0 Å². The van der Waals surface area contributed by atoms with Crippen molar-refractivity contribution in [3.8, 4) is 5.75 Å². The van der Waals surface area contributed by atoms with Crippen molar-refractivity contribution in [1.82, 2.24) is 4.90 Å². The van der Waals surface area contributed by atoms with E-state index in [0.717, 1.165) is 24.8 Å². The molecule has 24 heavy (non-hydrogen) atoms. The number of halogens is 2. The highest BCUT2D eigenvalue weighted by Gasteiger charge is 2.59. The molecule has 1 heterocycles. The Balaban J connectivity index is 1.50. The quantitative estimate of drug-likeness (QED) is 0.895. The van der Waals surface area contributed by atoms with Gasteiger partial charge < -0.3 is 14.7 Å². The topological polar surface area (TPSA) is 66.8 Å². The fraction of sp³-hybridized carbons (Fsp3) is 0.529. The molecule has 1 atom stereocenters. The molecule has 0 radical (unpaired) electrons. The smallest absolute Gasteiger partial charge is 0.387 e. The molecule has 2 fully saturated rings. The largest absolute Gasteiger partial charge is 0.481 e. The molecule has 0 bridgehead atoms. The van der Waals surface area contributed by atoms with E-state index in [-0.39, 0.29) is 29.4 Å². The Labute approximate surface area is 138 Å². The van der Waals surface area contributed by atoms with Crippen LogP contribution in [0.1, 0.15) is 24.8 Å². The van der Waals surface area contributed by atoms with E-state index in [2.05, 4.69) is 4.74 Å². The van der Waals surface area contributed by atoms with Crippen LogP contribution in [0.25, 0.3) is 0 Å². The van der Waals surface area contributed by atoms with Gasteiger partial charge in [0.25, 0.3) is 0 Å². The summed E-state index contributed by atoms with van der Waals surface area (Å²) in [6.07, 6.45) is 2.38. The number of hydrogen-bond donors (Lipinski definition) is 1. The lowest BCUT2D eigenvalue weighted by molar-refractivity contribution is -0.139. The number of carbonyl (C=O) groups is 2. The van der Waals surface area contributed by atoms with Gasteiger partial charge in [-0.1, -0.05) is 12.1 Å². The molecule has 3 rings (SSSR count). The van der Waals surface area contributed by atoms with Gasteiger partial charge in [-0.15, -0.1) is 0 Å². The van der Waals surface area contributed by atoms with Crippen molar-refractivity contribution < 1.29 is 28.2 Å². The van der Waals surface area contributed by atoms with Gasteiger partial charge in [0.15, 0.2) is 0 Å². The van der Waals surface area contributed by atoms with Crippen LogP contribution in [0.15, 0.2) is 24.3 Å². The first kappa shape index (κ1) is 16.7. The highest BCUT2D eigenvalue weighted by molar-refractivity contribution is 5.79. The first-order valence-corrected chi connectivity index (χ1v) is 7.94. The fourth-order valence-electron chi connectivity index (χ4n) is 3.53. The van der Waals surface area contributed by atoms with E-state index in [1.807, 2.05) is 0 Å². The number of rotatable bonds is 5. The maximum Gasteiger partial charge on any atom is 0.387 e. The van der Waals surface area contributed by atoms with Gasteiger partial charge in [0.1, 0.15) is 5.75 Å². The number of likely N-dealkylation sites (tertiary alicyclic amines) is 1. The predicted octanol–water partition coefficient (Wildman–Crippen LogP) is 2.54. The first-order chi connectivity index (χ1) is 11.4. The molecule has 1 aliphatic heterocycles. The number of benzene rings is 1. The molecule has 2 aliphatic rings. The zero-order valence-electron chi connectivity index (χ0n) is 13.1. The molecule has 1 amide bonds. The van der Waals surface area contributed by atoms with Crippen molar-refractivity contribution in [2.45, 2.75) is 32.3 Å². The van der Waals surface area contributed by atoms with Gasteiger partial charge in [-0.2, -0.15) is 8.78 Å². The average Bonchev–Trinajstić information content (AvgIpc) is 3.23. The molecule has 1 saturated heterocycles. The zero-order chi connectivity index (χ0) is 17.3. The van der Waals surface area contributed by atoms with E-state index in [1.165, 1.54) is 12.1 Å². The molecule has 7 heteroatoms. The summed E-state index contributed by atoms with van der Waals surface area (Å²) in [5, 5.41) is 9.08. The molecule has 1 aromatic carbocycles. The zero-order valence-corrected chi connectivity index (χ0v) is 13.1. The lowest BCUT2D eigenvalue weighted by Crippen LogP contribution is -2.40. The summed E-state index contributed by atoms with van der Waals surface area (Å²) in [6.45, 7) is -1.71. The lowest BCUT2D eigenvalue weighted by Gasteiger charge is -2.32. The normalized spacial score (nSPS) is 21.8. The van der Waals surface area contributed by atoms with E-state index in [4.69, 9.17) is 5.11 Å². The summed E-state index contributed by atoms with van der Waals surface area (Å²) in [7, 11) is 0. The minimum atomic E-state index is -2.87. The molecule has 1 aromatic rings. The average molecular weight is 339 g/mol. The van der Waals surface area contributed by atoms with Crippen molar-refractivity contribution in [3.05, 3.63) is 29.8 Å². The van der Waals surface area contributed by atoms with E-state index in [0.29, 0.717) is 13.1 Å². The second kappa shape index (κ2) is 6.37. The SMILES string of the molecule is O=C(O)C1CC12CCN(C(=O)Cc1ccc(OC(F)F)cc1)CC2. The minimum Gasteiger partial charge on any atom is -0.481 e. The van der Waals surface area contributed by atoms with E-state index < -0.39 is 12.6 Å². The number of hydrogen-bond acceptors (Lipinski definition) is 3. The summed E-state index contributed by atoms with van der Waals surface area (Å²) in [5.74, 6) is -0.951. The molecule has 1 spiro atoms. The van der Waals surface area contributed by atoms with E-state index in [1.54, 1.807) is 17.0 Å². The van der Waals surface area contributed by atoms with Crippen molar-refractivity contribution in [2.75, 3.05) is 13.1 Å². The van der Waals surface area contributed by atoms with Crippen LogP contribution in [0, 0.1) is 11.3 Å². The third-order valence-corrected chi connectivity index (χ3v) is 5.10. The molecular weight excluding hydrogens is 320 g/mol. The monoisotopic (exact) mass is 339 g/mol. The maximum absolute atomic E-state index is 12.3. The highest BCUT2D eigenvalue weighted by atomic mass is 19.3. The fourth-order valence-corrected chi connectivity index (χ4v) is 3.53. The van der Waals surface area contributed by atoms with Crippen LogP contribution in [-0.2, 0) is 16.0 Å². The molecule has 130 valence electrons. The molecule has 1 N–H and O–H groups in total. The summed E-state index contributed by atoms with van der Waals surface area (Å²) < 4.78 is 28.5. The molecule has 1 saturated carbocycles. The molecule has 0 aromatic heterocycles. The molecule has 1 unspecified atom stereocenters. The number of piperidine rings is 1. The van der Waals surface area contributed by atoms with Gasteiger partial charge in [-0.25, -0.2) is 0 Å². The van der Waals surface area contributed by atoms with Crippen LogP contribution >= 0.6 is 0 Å². The van der Waals surface area contributed by atoms with Crippen LogP contribution in [0.2, 0.25) is 0 Å². The minimum absolute atomic E-state index is 0.0279. The Morgan fingerprint density at radius 3 is 2.38 bits per heavy atom. The second-order valence-corrected chi connectivity index (χ2v) is 6.54. The maximum atomic E-state index is 12.3. The van der Waals surface area contributed by atoms with Crippen LogP contribution in [0.4, 0.5) is 8.78 Å². The van der Waals surface area contributed by atoms with Gasteiger partial charge in [0.05, 0.1) is 12.3 Å². The summed E-state index contributed by atoms with van der Waals surface area (Å²) >= 11 is 0. The van der Waals surface area contributed by atoms with Gasteiger partial charge in [0, 0.05) is 13.1 Å². The van der Waals surface area contributed by atoms with Crippen LogP contribution in [-0.4, -0.2) is 41.6 Å². The van der Waals surface area contributed by atoms with Crippen molar-refractivity contribution in [3.63, 3.8) is 0 Å². The van der Waals surface area contributed by atoms with Crippen molar-refractivity contribution >= 4 is 11.9 Å². The van der Waals surface area contributed by atoms with Crippen molar-refractivity contribution in [1.29, 1.82) is 0 Å². The number of carboxylic acid groups (broad SMARTS) is 1. The molecule has 1 aliphatic carbocycles. The first-order valence-electron chi connectivity index (χ1n) is 7.94. The third kappa shape index (κ3) is 3.49.